The number of halogens is 1. The second kappa shape index (κ2) is 4.85. The molecule has 0 radical (unpaired) electrons. The standard InChI is InChI=1S/C11H18BrN3O/c1-7-11(12)9(15(2)14-7)6-10(16)8-4-3-5-13-8/h8,10,13,16H,3-6H2,1-2H3. The summed E-state index contributed by atoms with van der Waals surface area (Å²) in [5, 5.41) is 17.8. The number of rotatable bonds is 3. The highest BCUT2D eigenvalue weighted by Gasteiger charge is 2.25. The number of aromatic nitrogens is 2. The number of aliphatic hydroxyl groups excluding tert-OH is 1. The Bertz CT molecular complexity index is 372. The van der Waals surface area contributed by atoms with Crippen molar-refractivity contribution in [3.05, 3.63) is 15.9 Å². The summed E-state index contributed by atoms with van der Waals surface area (Å²) in [6.45, 7) is 2.99. The topological polar surface area (TPSA) is 50.1 Å². The zero-order valence-corrected chi connectivity index (χ0v) is 11.3. The van der Waals surface area contributed by atoms with Crippen LogP contribution in [0.2, 0.25) is 0 Å². The average molecular weight is 288 g/mol. The Morgan fingerprint density at radius 1 is 1.69 bits per heavy atom. The molecule has 0 bridgehead atoms. The maximum absolute atomic E-state index is 10.1. The summed E-state index contributed by atoms with van der Waals surface area (Å²) in [4.78, 5) is 0. The molecule has 1 aliphatic heterocycles. The minimum atomic E-state index is -0.325. The maximum atomic E-state index is 10.1. The molecule has 5 heteroatoms. The predicted molar refractivity (Wildman–Crippen MR) is 66.4 cm³/mol. The van der Waals surface area contributed by atoms with Gasteiger partial charge in [0.2, 0.25) is 0 Å². The largest absolute Gasteiger partial charge is 0.391 e. The smallest absolute Gasteiger partial charge is 0.0748 e. The van der Waals surface area contributed by atoms with Crippen molar-refractivity contribution in [3.63, 3.8) is 0 Å². The van der Waals surface area contributed by atoms with Crippen LogP contribution in [-0.4, -0.2) is 33.6 Å². The van der Waals surface area contributed by atoms with E-state index in [1.54, 1.807) is 0 Å². The van der Waals surface area contributed by atoms with Crippen molar-refractivity contribution in [3.8, 4) is 0 Å². The van der Waals surface area contributed by atoms with Gasteiger partial charge >= 0.3 is 0 Å². The first kappa shape index (κ1) is 12.1. The van der Waals surface area contributed by atoms with Crippen LogP contribution in [0.4, 0.5) is 0 Å². The molecule has 0 spiro atoms. The Morgan fingerprint density at radius 3 is 2.94 bits per heavy atom. The van der Waals surface area contributed by atoms with Crippen LogP contribution < -0.4 is 5.32 Å². The Balaban J connectivity index is 2.07. The van der Waals surface area contributed by atoms with Crippen molar-refractivity contribution in [2.75, 3.05) is 6.54 Å². The number of hydrogen-bond acceptors (Lipinski definition) is 3. The lowest BCUT2D eigenvalue weighted by Gasteiger charge is -2.18. The Morgan fingerprint density at radius 2 is 2.44 bits per heavy atom. The molecular formula is C11H18BrN3O. The molecule has 2 rings (SSSR count). The second-order valence-electron chi connectivity index (χ2n) is 4.44. The zero-order chi connectivity index (χ0) is 11.7. The summed E-state index contributed by atoms with van der Waals surface area (Å²) in [6, 6.07) is 0.238. The van der Waals surface area contributed by atoms with Crippen LogP contribution >= 0.6 is 15.9 Å². The van der Waals surface area contributed by atoms with E-state index in [0.717, 1.165) is 35.2 Å². The fraction of sp³-hybridized carbons (Fsp3) is 0.727. The van der Waals surface area contributed by atoms with Gasteiger partial charge in [0.25, 0.3) is 0 Å². The van der Waals surface area contributed by atoms with Crippen LogP contribution in [0.5, 0.6) is 0 Å². The lowest BCUT2D eigenvalue weighted by atomic mass is 10.0. The van der Waals surface area contributed by atoms with E-state index in [0.29, 0.717) is 6.42 Å². The molecule has 16 heavy (non-hydrogen) atoms. The molecule has 2 atom stereocenters. The summed E-state index contributed by atoms with van der Waals surface area (Å²) in [7, 11) is 1.92. The highest BCUT2D eigenvalue weighted by molar-refractivity contribution is 9.10. The fourth-order valence-electron chi connectivity index (χ4n) is 2.28. The first-order chi connectivity index (χ1) is 7.59. The number of nitrogens with zero attached hydrogens (tertiary/aromatic N) is 2. The van der Waals surface area contributed by atoms with Crippen molar-refractivity contribution < 1.29 is 5.11 Å². The van der Waals surface area contributed by atoms with Gasteiger partial charge in [0, 0.05) is 19.5 Å². The molecule has 1 saturated heterocycles. The van der Waals surface area contributed by atoms with Crippen LogP contribution in [0.1, 0.15) is 24.2 Å². The lowest BCUT2D eigenvalue weighted by Crippen LogP contribution is -2.36. The van der Waals surface area contributed by atoms with E-state index in [9.17, 15) is 5.11 Å². The van der Waals surface area contributed by atoms with E-state index >= 15 is 0 Å². The molecule has 0 saturated carbocycles. The summed E-state index contributed by atoms with van der Waals surface area (Å²) in [6.07, 6.45) is 2.55. The minimum Gasteiger partial charge on any atom is -0.391 e. The lowest BCUT2D eigenvalue weighted by molar-refractivity contribution is 0.133. The van der Waals surface area contributed by atoms with Crippen molar-refractivity contribution in [1.82, 2.24) is 15.1 Å². The molecule has 2 unspecified atom stereocenters. The van der Waals surface area contributed by atoms with Crippen molar-refractivity contribution >= 4 is 15.9 Å². The van der Waals surface area contributed by atoms with Crippen molar-refractivity contribution in [1.29, 1.82) is 0 Å². The number of aryl methyl sites for hydroxylation is 2. The van der Waals surface area contributed by atoms with E-state index in [-0.39, 0.29) is 12.1 Å². The Kier molecular flexibility index (Phi) is 3.66. The van der Waals surface area contributed by atoms with Gasteiger partial charge in [-0.25, -0.2) is 0 Å². The number of aliphatic hydroxyl groups is 1. The predicted octanol–water partition coefficient (Wildman–Crippen LogP) is 1.15. The maximum Gasteiger partial charge on any atom is 0.0748 e. The highest BCUT2D eigenvalue weighted by Crippen LogP contribution is 2.23. The van der Waals surface area contributed by atoms with E-state index < -0.39 is 0 Å². The number of nitrogens with one attached hydrogen (secondary N) is 1. The van der Waals surface area contributed by atoms with Gasteiger partial charge in [-0.05, 0) is 42.2 Å². The highest BCUT2D eigenvalue weighted by atomic mass is 79.9. The molecule has 0 amide bonds. The second-order valence-corrected chi connectivity index (χ2v) is 5.24. The van der Waals surface area contributed by atoms with Crippen LogP contribution in [0.3, 0.4) is 0 Å². The molecule has 4 nitrogen and oxygen atoms in total. The molecule has 0 aromatic carbocycles. The third-order valence-corrected chi connectivity index (χ3v) is 4.26. The van der Waals surface area contributed by atoms with Gasteiger partial charge in [0.15, 0.2) is 0 Å². The summed E-state index contributed by atoms with van der Waals surface area (Å²) >= 11 is 3.52. The van der Waals surface area contributed by atoms with Gasteiger partial charge in [-0.2, -0.15) is 5.10 Å². The molecule has 1 aromatic heterocycles. The molecule has 90 valence electrons. The average Bonchev–Trinajstić information content (AvgIpc) is 2.83. The molecule has 2 N–H and O–H groups in total. The molecule has 2 heterocycles. The van der Waals surface area contributed by atoms with Crippen molar-refractivity contribution in [2.24, 2.45) is 7.05 Å². The molecular weight excluding hydrogens is 270 g/mol. The quantitative estimate of drug-likeness (QED) is 0.877. The summed E-state index contributed by atoms with van der Waals surface area (Å²) in [5.74, 6) is 0. The Labute approximate surface area is 104 Å². The third kappa shape index (κ3) is 2.31. The van der Waals surface area contributed by atoms with Gasteiger partial charge in [0.1, 0.15) is 0 Å². The zero-order valence-electron chi connectivity index (χ0n) is 9.70. The third-order valence-electron chi connectivity index (χ3n) is 3.23. The van der Waals surface area contributed by atoms with E-state index in [4.69, 9.17) is 0 Å². The van der Waals surface area contributed by atoms with Crippen LogP contribution in [-0.2, 0) is 13.5 Å². The van der Waals surface area contributed by atoms with Gasteiger partial charge in [-0.1, -0.05) is 0 Å². The summed E-state index contributed by atoms with van der Waals surface area (Å²) < 4.78 is 2.87. The van der Waals surface area contributed by atoms with Crippen LogP contribution in [0, 0.1) is 6.92 Å². The Hall–Kier alpha value is -0.390. The molecule has 1 aromatic rings. The van der Waals surface area contributed by atoms with Gasteiger partial charge < -0.3 is 10.4 Å². The number of hydrogen-bond donors (Lipinski definition) is 2. The van der Waals surface area contributed by atoms with Crippen molar-refractivity contribution in [2.45, 2.75) is 38.3 Å². The van der Waals surface area contributed by atoms with E-state index in [1.165, 1.54) is 0 Å². The molecule has 1 aliphatic rings. The monoisotopic (exact) mass is 287 g/mol. The van der Waals surface area contributed by atoms with Crippen LogP contribution in [0.15, 0.2) is 4.47 Å². The van der Waals surface area contributed by atoms with Crippen LogP contribution in [0.25, 0.3) is 0 Å². The van der Waals surface area contributed by atoms with Gasteiger partial charge in [-0.3, -0.25) is 4.68 Å². The normalized spacial score (nSPS) is 22.6. The first-order valence-electron chi connectivity index (χ1n) is 5.69. The van der Waals surface area contributed by atoms with Gasteiger partial charge in [0.05, 0.1) is 22.0 Å². The van der Waals surface area contributed by atoms with Gasteiger partial charge in [-0.15, -0.1) is 0 Å². The summed E-state index contributed by atoms with van der Waals surface area (Å²) in [5.41, 5.74) is 2.04. The molecule has 0 aliphatic carbocycles. The first-order valence-corrected chi connectivity index (χ1v) is 6.48. The van der Waals surface area contributed by atoms with E-state index in [2.05, 4.69) is 26.3 Å². The van der Waals surface area contributed by atoms with E-state index in [1.807, 2.05) is 18.7 Å². The fourth-order valence-corrected chi connectivity index (χ4v) is 2.78. The SMILES string of the molecule is Cc1nn(C)c(CC(O)C2CCCN2)c1Br. The molecule has 1 fully saturated rings. The minimum absolute atomic E-state index is 0.238.